The first-order valence-electron chi connectivity index (χ1n) is 8.35. The number of carbonyl (C=O) groups excluding carboxylic acids is 1. The molecule has 7 heteroatoms. The fourth-order valence-electron chi connectivity index (χ4n) is 2.87. The summed E-state index contributed by atoms with van der Waals surface area (Å²) >= 11 is 0. The van der Waals surface area contributed by atoms with Gasteiger partial charge in [-0.2, -0.15) is 4.31 Å². The summed E-state index contributed by atoms with van der Waals surface area (Å²) in [5, 5.41) is 2.88. The van der Waals surface area contributed by atoms with Gasteiger partial charge in [-0.1, -0.05) is 18.2 Å². The number of methoxy groups -OCH3 is 1. The van der Waals surface area contributed by atoms with Crippen molar-refractivity contribution in [2.45, 2.75) is 30.6 Å². The van der Waals surface area contributed by atoms with Gasteiger partial charge in [0.15, 0.2) is 0 Å². The Bertz CT molecular complexity index is 611. The van der Waals surface area contributed by atoms with Gasteiger partial charge in [-0.05, 0) is 37.3 Å². The smallest absolute Gasteiger partial charge is 0.243 e. The van der Waals surface area contributed by atoms with Crippen molar-refractivity contribution in [3.05, 3.63) is 30.3 Å². The number of piperidine rings is 1. The van der Waals surface area contributed by atoms with Crippen molar-refractivity contribution in [3.8, 4) is 0 Å². The van der Waals surface area contributed by atoms with Crippen molar-refractivity contribution in [1.29, 1.82) is 0 Å². The van der Waals surface area contributed by atoms with Crippen molar-refractivity contribution in [1.82, 2.24) is 9.62 Å². The number of ether oxygens (including phenoxy) is 1. The first kappa shape index (κ1) is 18.9. The molecule has 1 heterocycles. The molecule has 0 bridgehead atoms. The molecule has 0 atom stereocenters. The molecule has 1 fully saturated rings. The van der Waals surface area contributed by atoms with Crippen LogP contribution in [0, 0.1) is 5.92 Å². The second-order valence-corrected chi connectivity index (χ2v) is 8.00. The van der Waals surface area contributed by atoms with E-state index >= 15 is 0 Å². The largest absolute Gasteiger partial charge is 0.385 e. The van der Waals surface area contributed by atoms with Gasteiger partial charge in [0.2, 0.25) is 15.9 Å². The highest BCUT2D eigenvalue weighted by molar-refractivity contribution is 7.89. The van der Waals surface area contributed by atoms with Crippen LogP contribution < -0.4 is 5.32 Å². The minimum atomic E-state index is -3.42. The van der Waals surface area contributed by atoms with Gasteiger partial charge in [0.05, 0.1) is 4.90 Å². The molecule has 0 spiro atoms. The van der Waals surface area contributed by atoms with E-state index in [9.17, 15) is 13.2 Å². The molecular formula is C17H26N2O4S. The topological polar surface area (TPSA) is 75.7 Å². The third-order valence-electron chi connectivity index (χ3n) is 4.28. The van der Waals surface area contributed by atoms with Crippen molar-refractivity contribution >= 4 is 15.9 Å². The Balaban J connectivity index is 1.78. The molecule has 134 valence electrons. The van der Waals surface area contributed by atoms with Crippen molar-refractivity contribution in [2.75, 3.05) is 33.4 Å². The average molecular weight is 354 g/mol. The lowest BCUT2D eigenvalue weighted by molar-refractivity contribution is -0.122. The molecule has 1 aliphatic heterocycles. The Kier molecular flexibility index (Phi) is 7.20. The average Bonchev–Trinajstić information content (AvgIpc) is 2.60. The molecule has 0 radical (unpaired) electrons. The molecule has 0 aliphatic carbocycles. The molecule has 1 aromatic rings. The molecule has 6 nitrogen and oxygen atoms in total. The molecule has 1 saturated heterocycles. The van der Waals surface area contributed by atoms with Crippen molar-refractivity contribution in [3.63, 3.8) is 0 Å². The van der Waals surface area contributed by atoms with Gasteiger partial charge in [-0.15, -0.1) is 0 Å². The summed E-state index contributed by atoms with van der Waals surface area (Å²) in [5.41, 5.74) is 0. The minimum Gasteiger partial charge on any atom is -0.385 e. The number of rotatable bonds is 8. The Morgan fingerprint density at radius 1 is 1.25 bits per heavy atom. The van der Waals surface area contributed by atoms with Crippen LogP contribution in [-0.4, -0.2) is 52.0 Å². The maximum absolute atomic E-state index is 12.6. The number of hydrogen-bond acceptors (Lipinski definition) is 4. The van der Waals surface area contributed by atoms with E-state index in [-0.39, 0.29) is 11.8 Å². The van der Waals surface area contributed by atoms with Crippen LogP contribution in [0.3, 0.4) is 0 Å². The highest BCUT2D eigenvalue weighted by Gasteiger charge is 2.29. The third-order valence-corrected chi connectivity index (χ3v) is 6.19. The molecule has 24 heavy (non-hydrogen) atoms. The van der Waals surface area contributed by atoms with E-state index in [4.69, 9.17) is 4.74 Å². The second-order valence-electron chi connectivity index (χ2n) is 6.06. The highest BCUT2D eigenvalue weighted by Crippen LogP contribution is 2.25. The predicted molar refractivity (Wildman–Crippen MR) is 92.0 cm³/mol. The van der Waals surface area contributed by atoms with Crippen LogP contribution >= 0.6 is 0 Å². The summed E-state index contributed by atoms with van der Waals surface area (Å²) in [7, 11) is -1.78. The summed E-state index contributed by atoms with van der Waals surface area (Å²) in [6.07, 6.45) is 2.71. The van der Waals surface area contributed by atoms with Gasteiger partial charge in [0, 0.05) is 39.8 Å². The van der Waals surface area contributed by atoms with Gasteiger partial charge in [0.25, 0.3) is 0 Å². The van der Waals surface area contributed by atoms with E-state index in [1.165, 1.54) is 4.31 Å². The van der Waals surface area contributed by atoms with Gasteiger partial charge < -0.3 is 10.1 Å². The van der Waals surface area contributed by atoms with E-state index in [0.717, 1.165) is 19.3 Å². The Morgan fingerprint density at radius 3 is 2.54 bits per heavy atom. The summed E-state index contributed by atoms with van der Waals surface area (Å²) in [5.74, 6) is 0.283. The number of amides is 1. The standard InChI is InChI=1S/C17H26N2O4S/c1-23-13-5-10-18-17(20)14-15-8-11-19(12-9-15)24(21,22)16-6-3-2-4-7-16/h2-4,6-7,15H,5,8-14H2,1H3,(H,18,20). The van der Waals surface area contributed by atoms with Crippen LogP contribution in [0.15, 0.2) is 35.2 Å². The number of nitrogens with one attached hydrogen (secondary N) is 1. The zero-order valence-corrected chi connectivity index (χ0v) is 14.9. The molecule has 1 N–H and O–H groups in total. The zero-order chi connectivity index (χ0) is 17.4. The van der Waals surface area contributed by atoms with Crippen LogP contribution in [0.2, 0.25) is 0 Å². The van der Waals surface area contributed by atoms with E-state index in [0.29, 0.717) is 37.6 Å². The summed E-state index contributed by atoms with van der Waals surface area (Å²) < 4.78 is 31.6. The maximum Gasteiger partial charge on any atom is 0.243 e. The number of benzene rings is 1. The lowest BCUT2D eigenvalue weighted by Gasteiger charge is -2.31. The Labute approximate surface area is 144 Å². The lowest BCUT2D eigenvalue weighted by Crippen LogP contribution is -2.39. The van der Waals surface area contributed by atoms with E-state index in [1.54, 1.807) is 37.4 Å². The predicted octanol–water partition coefficient (Wildman–Crippen LogP) is 1.63. The number of carbonyl (C=O) groups is 1. The summed E-state index contributed by atoms with van der Waals surface area (Å²) in [4.78, 5) is 12.2. The van der Waals surface area contributed by atoms with Crippen LogP contribution in [0.1, 0.15) is 25.7 Å². The highest BCUT2D eigenvalue weighted by atomic mass is 32.2. The number of hydrogen-bond donors (Lipinski definition) is 1. The summed E-state index contributed by atoms with van der Waals surface area (Å²) in [6.45, 7) is 2.20. The van der Waals surface area contributed by atoms with E-state index in [2.05, 4.69) is 5.32 Å². The van der Waals surface area contributed by atoms with E-state index in [1.807, 2.05) is 0 Å². The molecule has 0 unspecified atom stereocenters. The summed E-state index contributed by atoms with van der Waals surface area (Å²) in [6, 6.07) is 8.50. The van der Waals surface area contributed by atoms with Crippen LogP contribution in [0.5, 0.6) is 0 Å². The molecule has 2 rings (SSSR count). The molecular weight excluding hydrogens is 328 g/mol. The SMILES string of the molecule is COCCCNC(=O)CC1CCN(S(=O)(=O)c2ccccc2)CC1. The van der Waals surface area contributed by atoms with Crippen LogP contribution in [-0.2, 0) is 19.6 Å². The molecule has 1 aromatic carbocycles. The van der Waals surface area contributed by atoms with Crippen molar-refractivity contribution in [2.24, 2.45) is 5.92 Å². The van der Waals surface area contributed by atoms with Gasteiger partial charge in [-0.3, -0.25) is 4.79 Å². The first-order valence-corrected chi connectivity index (χ1v) is 9.79. The maximum atomic E-state index is 12.6. The monoisotopic (exact) mass is 354 g/mol. The fourth-order valence-corrected chi connectivity index (χ4v) is 4.36. The Hall–Kier alpha value is -1.44. The number of sulfonamides is 1. The lowest BCUT2D eigenvalue weighted by atomic mass is 9.94. The van der Waals surface area contributed by atoms with Gasteiger partial charge in [0.1, 0.15) is 0 Å². The number of nitrogens with zero attached hydrogens (tertiary/aromatic N) is 1. The van der Waals surface area contributed by atoms with Gasteiger partial charge >= 0.3 is 0 Å². The minimum absolute atomic E-state index is 0.0375. The Morgan fingerprint density at radius 2 is 1.92 bits per heavy atom. The molecule has 0 saturated carbocycles. The van der Waals surface area contributed by atoms with Gasteiger partial charge in [-0.25, -0.2) is 8.42 Å². The molecule has 0 aromatic heterocycles. The van der Waals surface area contributed by atoms with Crippen LogP contribution in [0.4, 0.5) is 0 Å². The van der Waals surface area contributed by atoms with Crippen molar-refractivity contribution < 1.29 is 17.9 Å². The zero-order valence-electron chi connectivity index (χ0n) is 14.1. The quantitative estimate of drug-likeness (QED) is 0.720. The first-order chi connectivity index (χ1) is 11.5. The normalized spacial score (nSPS) is 16.9. The van der Waals surface area contributed by atoms with Crippen LogP contribution in [0.25, 0.3) is 0 Å². The van der Waals surface area contributed by atoms with E-state index < -0.39 is 10.0 Å². The second kappa shape index (κ2) is 9.15. The fraction of sp³-hybridized carbons (Fsp3) is 0.588. The molecule has 1 amide bonds. The molecule has 1 aliphatic rings. The third kappa shape index (κ3) is 5.29.